The predicted molar refractivity (Wildman–Crippen MR) is 119 cm³/mol. The summed E-state index contributed by atoms with van der Waals surface area (Å²) in [6.07, 6.45) is 1.91. The standard InChI is InChI=1S/C24H25NO8/c1-5-30-24(27)25(2)9-8-14-10-19-20(32-13-31-19)12-15(14)11-18-16-6-7-17(28-3)22(29-4)21(16)23(26)33-18/h6-7,10-12H,5,8-9,13H2,1-4H3/b18-11-. The molecule has 9 heteroatoms. The Balaban J connectivity index is 1.70. The van der Waals surface area contributed by atoms with Gasteiger partial charge in [0.1, 0.15) is 11.3 Å². The molecule has 0 fully saturated rings. The molecule has 0 saturated carbocycles. The van der Waals surface area contributed by atoms with Gasteiger partial charge < -0.3 is 33.3 Å². The maximum Gasteiger partial charge on any atom is 0.409 e. The lowest BCUT2D eigenvalue weighted by atomic mass is 10.00. The van der Waals surface area contributed by atoms with Crippen molar-refractivity contribution in [2.45, 2.75) is 13.3 Å². The van der Waals surface area contributed by atoms with Crippen LogP contribution >= 0.6 is 0 Å². The van der Waals surface area contributed by atoms with Crippen LogP contribution in [0.2, 0.25) is 0 Å². The SMILES string of the molecule is CCOC(=O)N(C)CCc1cc2c(cc1/C=C1\OC(=O)c3c1ccc(OC)c3OC)OCO2. The number of cyclic esters (lactones) is 1. The summed E-state index contributed by atoms with van der Waals surface area (Å²) >= 11 is 0. The van der Waals surface area contributed by atoms with Crippen LogP contribution in [0.4, 0.5) is 4.79 Å². The van der Waals surface area contributed by atoms with Gasteiger partial charge in [0, 0.05) is 19.2 Å². The molecular formula is C24H25NO8. The van der Waals surface area contributed by atoms with Crippen molar-refractivity contribution in [2.75, 3.05) is 41.2 Å². The van der Waals surface area contributed by atoms with Crippen molar-refractivity contribution in [1.82, 2.24) is 4.90 Å². The van der Waals surface area contributed by atoms with Gasteiger partial charge in [0.05, 0.1) is 20.8 Å². The quantitative estimate of drug-likeness (QED) is 0.583. The summed E-state index contributed by atoms with van der Waals surface area (Å²) in [5.74, 6) is 1.86. The van der Waals surface area contributed by atoms with E-state index in [0.717, 1.165) is 11.1 Å². The van der Waals surface area contributed by atoms with Crippen molar-refractivity contribution >= 4 is 23.9 Å². The highest BCUT2D eigenvalue weighted by Gasteiger charge is 2.32. The lowest BCUT2D eigenvalue weighted by Gasteiger charge is -2.17. The summed E-state index contributed by atoms with van der Waals surface area (Å²) in [4.78, 5) is 26.1. The molecule has 0 aliphatic carbocycles. The number of hydrogen-bond donors (Lipinski definition) is 0. The Bertz CT molecular complexity index is 1120. The fraction of sp³-hybridized carbons (Fsp3) is 0.333. The first kappa shape index (κ1) is 22.3. The molecule has 2 aromatic carbocycles. The molecule has 2 heterocycles. The minimum Gasteiger partial charge on any atom is -0.493 e. The first-order valence-corrected chi connectivity index (χ1v) is 10.5. The van der Waals surface area contributed by atoms with Gasteiger partial charge in [0.25, 0.3) is 0 Å². The average Bonchev–Trinajstić information content (AvgIpc) is 3.40. The van der Waals surface area contributed by atoms with E-state index in [2.05, 4.69) is 0 Å². The molecule has 0 saturated heterocycles. The van der Waals surface area contributed by atoms with Gasteiger partial charge in [-0.05, 0) is 54.8 Å². The van der Waals surface area contributed by atoms with Crippen LogP contribution in [0.25, 0.3) is 11.8 Å². The van der Waals surface area contributed by atoms with Crippen molar-refractivity contribution in [3.63, 3.8) is 0 Å². The van der Waals surface area contributed by atoms with Gasteiger partial charge in [-0.25, -0.2) is 9.59 Å². The second-order valence-electron chi connectivity index (χ2n) is 7.40. The molecule has 0 aromatic heterocycles. The highest BCUT2D eigenvalue weighted by atomic mass is 16.7. The molecule has 0 atom stereocenters. The Hall–Kier alpha value is -3.88. The van der Waals surface area contributed by atoms with E-state index in [9.17, 15) is 9.59 Å². The molecule has 2 aliphatic rings. The number of hydrogen-bond acceptors (Lipinski definition) is 8. The van der Waals surface area contributed by atoms with Gasteiger partial charge in [0.2, 0.25) is 6.79 Å². The van der Waals surface area contributed by atoms with Crippen molar-refractivity contribution < 1.29 is 38.0 Å². The number of methoxy groups -OCH3 is 2. The van der Waals surface area contributed by atoms with E-state index in [1.165, 1.54) is 19.1 Å². The topological polar surface area (TPSA) is 92.8 Å². The number of likely N-dealkylation sites (N-methyl/N-ethyl adjacent to an activating group) is 1. The molecule has 33 heavy (non-hydrogen) atoms. The summed E-state index contributed by atoms with van der Waals surface area (Å²) in [5.41, 5.74) is 2.59. The fourth-order valence-electron chi connectivity index (χ4n) is 3.75. The Morgan fingerprint density at radius 1 is 1.15 bits per heavy atom. The number of amides is 1. The molecule has 0 radical (unpaired) electrons. The third-order valence-electron chi connectivity index (χ3n) is 5.43. The number of nitrogens with zero attached hydrogens (tertiary/aromatic N) is 1. The molecule has 1 amide bonds. The zero-order valence-electron chi connectivity index (χ0n) is 18.9. The summed E-state index contributed by atoms with van der Waals surface area (Å²) in [6.45, 7) is 2.63. The van der Waals surface area contributed by atoms with Crippen LogP contribution in [0, 0.1) is 0 Å². The molecule has 0 unspecified atom stereocenters. The number of fused-ring (bicyclic) bond motifs is 2. The normalized spacial score (nSPS) is 14.7. The highest BCUT2D eigenvalue weighted by molar-refractivity contribution is 6.08. The average molecular weight is 455 g/mol. The first-order valence-electron chi connectivity index (χ1n) is 10.5. The van der Waals surface area contributed by atoms with Crippen LogP contribution in [-0.2, 0) is 15.9 Å². The van der Waals surface area contributed by atoms with Gasteiger partial charge in [0.15, 0.2) is 23.0 Å². The molecule has 0 N–H and O–H groups in total. The van der Waals surface area contributed by atoms with E-state index >= 15 is 0 Å². The Morgan fingerprint density at radius 2 is 1.91 bits per heavy atom. The van der Waals surface area contributed by atoms with Crippen LogP contribution < -0.4 is 18.9 Å². The first-order chi connectivity index (χ1) is 16.0. The maximum absolute atomic E-state index is 12.6. The van der Waals surface area contributed by atoms with Crippen LogP contribution in [-0.4, -0.2) is 58.2 Å². The molecule has 9 nitrogen and oxygen atoms in total. The lowest BCUT2D eigenvalue weighted by Crippen LogP contribution is -2.29. The number of carbonyl (C=O) groups excluding carboxylic acids is 2. The third-order valence-corrected chi connectivity index (χ3v) is 5.43. The molecule has 0 bridgehead atoms. The van der Waals surface area contributed by atoms with Crippen LogP contribution in [0.1, 0.15) is 34.0 Å². The lowest BCUT2D eigenvalue weighted by molar-refractivity contribution is 0.0713. The number of ether oxygens (including phenoxy) is 6. The molecular weight excluding hydrogens is 430 g/mol. The minimum absolute atomic E-state index is 0.131. The van der Waals surface area contributed by atoms with Crippen molar-refractivity contribution in [1.29, 1.82) is 0 Å². The van der Waals surface area contributed by atoms with Crippen LogP contribution in [0.5, 0.6) is 23.0 Å². The zero-order valence-corrected chi connectivity index (χ0v) is 18.9. The number of carbonyl (C=O) groups is 2. The van der Waals surface area contributed by atoms with Crippen molar-refractivity contribution in [3.8, 4) is 23.0 Å². The van der Waals surface area contributed by atoms with Gasteiger partial charge in [-0.2, -0.15) is 0 Å². The van der Waals surface area contributed by atoms with Crippen molar-refractivity contribution in [3.05, 3.63) is 46.5 Å². The molecule has 174 valence electrons. The third kappa shape index (κ3) is 4.26. The van der Waals surface area contributed by atoms with E-state index in [1.54, 1.807) is 32.2 Å². The van der Waals surface area contributed by atoms with E-state index in [4.69, 9.17) is 28.4 Å². The van der Waals surface area contributed by atoms with Gasteiger partial charge in [-0.3, -0.25) is 0 Å². The monoisotopic (exact) mass is 455 g/mol. The number of benzene rings is 2. The van der Waals surface area contributed by atoms with Gasteiger partial charge in [-0.15, -0.1) is 0 Å². The summed E-state index contributed by atoms with van der Waals surface area (Å²) < 4.78 is 32.4. The smallest absolute Gasteiger partial charge is 0.409 e. The largest absolute Gasteiger partial charge is 0.493 e. The summed E-state index contributed by atoms with van der Waals surface area (Å²) in [6, 6.07) is 7.19. The van der Waals surface area contributed by atoms with E-state index in [-0.39, 0.29) is 6.79 Å². The Kier molecular flexibility index (Phi) is 6.30. The second kappa shape index (κ2) is 9.32. The highest BCUT2D eigenvalue weighted by Crippen LogP contribution is 2.43. The molecule has 4 rings (SSSR count). The molecule has 2 aliphatic heterocycles. The summed E-state index contributed by atoms with van der Waals surface area (Å²) in [7, 11) is 4.66. The Labute approximate surface area is 191 Å². The second-order valence-corrected chi connectivity index (χ2v) is 7.40. The van der Waals surface area contributed by atoms with Crippen LogP contribution in [0.15, 0.2) is 24.3 Å². The molecule has 0 spiro atoms. The number of rotatable bonds is 7. The fourth-order valence-corrected chi connectivity index (χ4v) is 3.75. The summed E-state index contributed by atoms with van der Waals surface area (Å²) in [5, 5.41) is 0. The van der Waals surface area contributed by atoms with E-state index in [0.29, 0.717) is 59.5 Å². The van der Waals surface area contributed by atoms with Gasteiger partial charge >= 0.3 is 12.1 Å². The molecule has 2 aromatic rings. The predicted octanol–water partition coefficient (Wildman–Crippen LogP) is 3.73. The van der Waals surface area contributed by atoms with Crippen molar-refractivity contribution in [2.24, 2.45) is 0 Å². The Morgan fingerprint density at radius 3 is 2.61 bits per heavy atom. The van der Waals surface area contributed by atoms with E-state index < -0.39 is 12.1 Å². The zero-order chi connectivity index (χ0) is 23.5. The minimum atomic E-state index is -0.517. The number of esters is 1. The van der Waals surface area contributed by atoms with E-state index in [1.807, 2.05) is 12.1 Å². The van der Waals surface area contributed by atoms with Gasteiger partial charge in [-0.1, -0.05) is 0 Å². The maximum atomic E-state index is 12.6. The van der Waals surface area contributed by atoms with Crippen LogP contribution in [0.3, 0.4) is 0 Å².